The van der Waals surface area contributed by atoms with E-state index >= 15 is 0 Å². The lowest BCUT2D eigenvalue weighted by molar-refractivity contribution is -0.0573. The summed E-state index contributed by atoms with van der Waals surface area (Å²) in [7, 11) is 0. The standard InChI is InChI=1S/C29H50O2/c1-6-31-19-20(2)8-7-9-21(3)25-12-13-26-24-11-10-22-18-23(30)14-16-28(22,4)27(24)15-17-29(25,26)5/h10,20-21,23-27,30H,6-9,11-19H2,1-5H3/t20?,21?,23-,24-,25+,26-,27-,28-,29+/m0/s1. The molecule has 0 amide bonds. The van der Waals surface area contributed by atoms with Crippen molar-refractivity contribution in [2.75, 3.05) is 13.2 Å². The predicted molar refractivity (Wildman–Crippen MR) is 130 cm³/mol. The lowest BCUT2D eigenvalue weighted by Crippen LogP contribution is -2.50. The molecular formula is C29H50O2. The Labute approximate surface area is 192 Å². The summed E-state index contributed by atoms with van der Waals surface area (Å²) in [6, 6.07) is 0. The molecule has 178 valence electrons. The van der Waals surface area contributed by atoms with Crippen LogP contribution in [-0.4, -0.2) is 24.4 Å². The van der Waals surface area contributed by atoms with Crippen LogP contribution in [0.1, 0.15) is 105 Å². The molecule has 3 fully saturated rings. The van der Waals surface area contributed by atoms with Crippen LogP contribution in [0, 0.1) is 46.3 Å². The lowest BCUT2D eigenvalue weighted by Gasteiger charge is -2.58. The molecule has 0 aromatic carbocycles. The predicted octanol–water partition coefficient (Wildman–Crippen LogP) is 7.41. The van der Waals surface area contributed by atoms with Gasteiger partial charge in [0.1, 0.15) is 0 Å². The quantitative estimate of drug-likeness (QED) is 0.406. The molecule has 0 radical (unpaired) electrons. The Morgan fingerprint density at radius 3 is 2.65 bits per heavy atom. The number of aliphatic hydroxyl groups excluding tert-OH is 1. The molecule has 2 unspecified atom stereocenters. The van der Waals surface area contributed by atoms with Crippen LogP contribution >= 0.6 is 0 Å². The van der Waals surface area contributed by atoms with Crippen LogP contribution in [0.5, 0.6) is 0 Å². The summed E-state index contributed by atoms with van der Waals surface area (Å²) in [6.45, 7) is 14.0. The van der Waals surface area contributed by atoms with Gasteiger partial charge in [0.25, 0.3) is 0 Å². The zero-order valence-corrected chi connectivity index (χ0v) is 21.2. The van der Waals surface area contributed by atoms with Gasteiger partial charge in [-0.15, -0.1) is 0 Å². The van der Waals surface area contributed by atoms with Gasteiger partial charge in [0, 0.05) is 13.2 Å². The van der Waals surface area contributed by atoms with E-state index in [1.165, 1.54) is 57.8 Å². The highest BCUT2D eigenvalue weighted by atomic mass is 16.5. The van der Waals surface area contributed by atoms with Crippen molar-refractivity contribution in [1.29, 1.82) is 0 Å². The Morgan fingerprint density at radius 1 is 1.06 bits per heavy atom. The van der Waals surface area contributed by atoms with Gasteiger partial charge in [-0.2, -0.15) is 0 Å². The van der Waals surface area contributed by atoms with Crippen LogP contribution in [0.25, 0.3) is 0 Å². The fraction of sp³-hybridized carbons (Fsp3) is 0.931. The fourth-order valence-corrected chi connectivity index (χ4v) is 9.01. The SMILES string of the molecule is CCOCC(C)CCCC(C)[C@H]1CC[C@H]2[C@@H]3CC=C4C[C@@H](O)CC[C@]4(C)[C@H]3CC[C@]12C. The molecule has 0 bridgehead atoms. The third-order valence-electron chi connectivity index (χ3n) is 10.8. The molecule has 4 aliphatic rings. The molecule has 0 spiro atoms. The van der Waals surface area contributed by atoms with Gasteiger partial charge >= 0.3 is 0 Å². The normalized spacial score (nSPS) is 44.1. The first-order valence-electron chi connectivity index (χ1n) is 13.7. The van der Waals surface area contributed by atoms with E-state index in [0.29, 0.717) is 16.7 Å². The number of fused-ring (bicyclic) bond motifs is 5. The maximum absolute atomic E-state index is 10.2. The topological polar surface area (TPSA) is 29.5 Å². The van der Waals surface area contributed by atoms with E-state index in [2.05, 4.69) is 40.7 Å². The van der Waals surface area contributed by atoms with Gasteiger partial charge in [0.15, 0.2) is 0 Å². The van der Waals surface area contributed by atoms with E-state index < -0.39 is 0 Å². The van der Waals surface area contributed by atoms with Crippen molar-refractivity contribution in [1.82, 2.24) is 0 Å². The molecule has 0 saturated heterocycles. The average molecular weight is 431 g/mol. The van der Waals surface area contributed by atoms with Crippen molar-refractivity contribution in [3.8, 4) is 0 Å². The number of ether oxygens (including phenoxy) is 1. The summed E-state index contributed by atoms with van der Waals surface area (Å²) in [4.78, 5) is 0. The van der Waals surface area contributed by atoms with Gasteiger partial charge in [-0.3, -0.25) is 0 Å². The average Bonchev–Trinajstić information content (AvgIpc) is 3.10. The van der Waals surface area contributed by atoms with Gasteiger partial charge in [-0.05, 0) is 111 Å². The summed E-state index contributed by atoms with van der Waals surface area (Å²) in [6.07, 6.45) is 16.9. The van der Waals surface area contributed by atoms with E-state index in [1.54, 1.807) is 5.57 Å². The smallest absolute Gasteiger partial charge is 0.0577 e. The monoisotopic (exact) mass is 430 g/mol. The Balaban J connectivity index is 1.39. The molecule has 9 atom stereocenters. The Morgan fingerprint density at radius 2 is 1.87 bits per heavy atom. The largest absolute Gasteiger partial charge is 0.393 e. The van der Waals surface area contributed by atoms with Crippen molar-refractivity contribution in [2.24, 2.45) is 46.3 Å². The molecule has 3 saturated carbocycles. The third kappa shape index (κ3) is 4.42. The first-order chi connectivity index (χ1) is 14.8. The number of aliphatic hydroxyl groups is 1. The van der Waals surface area contributed by atoms with Crippen LogP contribution in [0.15, 0.2) is 11.6 Å². The molecule has 4 aliphatic carbocycles. The van der Waals surface area contributed by atoms with Crippen molar-refractivity contribution in [3.05, 3.63) is 11.6 Å². The minimum absolute atomic E-state index is 0.0855. The molecule has 4 rings (SSSR count). The zero-order valence-electron chi connectivity index (χ0n) is 21.2. The van der Waals surface area contributed by atoms with Crippen molar-refractivity contribution in [3.63, 3.8) is 0 Å². The molecule has 2 nitrogen and oxygen atoms in total. The number of hydrogen-bond donors (Lipinski definition) is 1. The maximum Gasteiger partial charge on any atom is 0.0577 e. The Hall–Kier alpha value is -0.340. The van der Waals surface area contributed by atoms with Crippen molar-refractivity contribution in [2.45, 2.75) is 111 Å². The summed E-state index contributed by atoms with van der Waals surface area (Å²) in [5.74, 6) is 5.18. The summed E-state index contributed by atoms with van der Waals surface area (Å²) in [5.41, 5.74) is 2.55. The van der Waals surface area contributed by atoms with Crippen molar-refractivity contribution >= 4 is 0 Å². The Bertz CT molecular complexity index is 641. The van der Waals surface area contributed by atoms with Crippen LogP contribution in [0.4, 0.5) is 0 Å². The Kier molecular flexibility index (Phi) is 7.29. The van der Waals surface area contributed by atoms with Gasteiger partial charge in [0.2, 0.25) is 0 Å². The van der Waals surface area contributed by atoms with Gasteiger partial charge in [-0.25, -0.2) is 0 Å². The summed E-state index contributed by atoms with van der Waals surface area (Å²) in [5, 5.41) is 10.2. The van der Waals surface area contributed by atoms with E-state index in [-0.39, 0.29) is 6.10 Å². The van der Waals surface area contributed by atoms with Crippen LogP contribution in [-0.2, 0) is 4.74 Å². The molecule has 1 N–H and O–H groups in total. The van der Waals surface area contributed by atoms with E-state index in [1.807, 2.05) is 0 Å². The molecule has 0 aliphatic heterocycles. The zero-order chi connectivity index (χ0) is 22.2. The fourth-order valence-electron chi connectivity index (χ4n) is 9.01. The van der Waals surface area contributed by atoms with Gasteiger partial charge in [0.05, 0.1) is 6.10 Å². The van der Waals surface area contributed by atoms with E-state index in [4.69, 9.17) is 4.74 Å². The van der Waals surface area contributed by atoms with E-state index in [9.17, 15) is 5.11 Å². The molecular weight excluding hydrogens is 380 g/mol. The number of hydrogen-bond acceptors (Lipinski definition) is 2. The molecule has 2 heteroatoms. The maximum atomic E-state index is 10.2. The highest BCUT2D eigenvalue weighted by Crippen LogP contribution is 2.67. The molecule has 0 aromatic rings. The number of rotatable bonds is 8. The molecule has 31 heavy (non-hydrogen) atoms. The minimum Gasteiger partial charge on any atom is -0.393 e. The highest BCUT2D eigenvalue weighted by molar-refractivity contribution is 5.25. The van der Waals surface area contributed by atoms with Gasteiger partial charge in [-0.1, -0.05) is 52.2 Å². The van der Waals surface area contributed by atoms with Crippen LogP contribution in [0.3, 0.4) is 0 Å². The minimum atomic E-state index is -0.0855. The lowest BCUT2D eigenvalue weighted by atomic mass is 9.47. The van der Waals surface area contributed by atoms with E-state index in [0.717, 1.165) is 55.6 Å². The third-order valence-corrected chi connectivity index (χ3v) is 10.8. The van der Waals surface area contributed by atoms with Crippen LogP contribution in [0.2, 0.25) is 0 Å². The molecule has 0 heterocycles. The molecule has 0 aromatic heterocycles. The summed E-state index contributed by atoms with van der Waals surface area (Å²) < 4.78 is 5.62. The second-order valence-corrected chi connectivity index (χ2v) is 12.6. The second-order valence-electron chi connectivity index (χ2n) is 12.6. The number of allylic oxidation sites excluding steroid dienone is 1. The summed E-state index contributed by atoms with van der Waals surface area (Å²) >= 11 is 0. The van der Waals surface area contributed by atoms with Crippen molar-refractivity contribution < 1.29 is 9.84 Å². The van der Waals surface area contributed by atoms with Crippen LogP contribution < -0.4 is 0 Å². The van der Waals surface area contributed by atoms with Gasteiger partial charge < -0.3 is 9.84 Å². The highest BCUT2D eigenvalue weighted by Gasteiger charge is 2.59. The first kappa shape index (κ1) is 23.8. The second kappa shape index (κ2) is 9.49. The first-order valence-corrected chi connectivity index (χ1v) is 13.7.